The Balaban J connectivity index is 1.44. The van der Waals surface area contributed by atoms with E-state index in [1.165, 1.54) is 12.1 Å². The first-order valence-electron chi connectivity index (χ1n) is 9.54. The number of esters is 1. The van der Waals surface area contributed by atoms with Crippen molar-refractivity contribution in [2.24, 2.45) is 0 Å². The molecule has 172 valence electrons. The molecule has 3 aromatic rings. The van der Waals surface area contributed by atoms with Crippen LogP contribution >= 0.6 is 11.6 Å². The Morgan fingerprint density at radius 3 is 2.61 bits per heavy atom. The van der Waals surface area contributed by atoms with Crippen LogP contribution in [0.1, 0.15) is 5.56 Å². The van der Waals surface area contributed by atoms with Crippen molar-refractivity contribution < 1.29 is 27.9 Å². The first-order valence-corrected chi connectivity index (χ1v) is 9.92. The molecule has 0 atom stereocenters. The van der Waals surface area contributed by atoms with Crippen LogP contribution < -0.4 is 16.4 Å². The van der Waals surface area contributed by atoms with Crippen molar-refractivity contribution >= 4 is 35.1 Å². The van der Waals surface area contributed by atoms with E-state index in [2.05, 4.69) is 15.7 Å². The summed E-state index contributed by atoms with van der Waals surface area (Å²) in [6.07, 6.45) is 0. The number of ether oxygens (including phenoxy) is 1. The van der Waals surface area contributed by atoms with Crippen LogP contribution in [0.2, 0.25) is 5.02 Å². The van der Waals surface area contributed by atoms with Gasteiger partial charge in [0.05, 0.1) is 6.54 Å². The molecule has 1 heterocycles. The van der Waals surface area contributed by atoms with Crippen molar-refractivity contribution in [3.8, 4) is 11.5 Å². The Morgan fingerprint density at radius 2 is 1.88 bits per heavy atom. The molecule has 0 saturated carbocycles. The zero-order chi connectivity index (χ0) is 24.0. The van der Waals surface area contributed by atoms with Crippen LogP contribution in [0.15, 0.2) is 51.7 Å². The number of benzene rings is 2. The molecule has 2 aromatic carbocycles. The van der Waals surface area contributed by atoms with Gasteiger partial charge in [-0.05, 0) is 48.9 Å². The summed E-state index contributed by atoms with van der Waals surface area (Å²) in [6.45, 7) is 0.107. The number of amides is 2. The summed E-state index contributed by atoms with van der Waals surface area (Å²) in [5, 5.41) is 9.24. The van der Waals surface area contributed by atoms with Crippen molar-refractivity contribution in [1.82, 2.24) is 15.1 Å². The highest BCUT2D eigenvalue weighted by atomic mass is 35.5. The lowest BCUT2D eigenvalue weighted by atomic mass is 10.2. The smallest absolute Gasteiger partial charge is 0.437 e. The number of anilines is 1. The third kappa shape index (κ3) is 6.50. The zero-order valence-corrected chi connectivity index (χ0v) is 18.0. The number of halogens is 2. The molecule has 0 aliphatic rings. The lowest BCUT2D eigenvalue weighted by Crippen LogP contribution is -2.36. The molecule has 0 aliphatic heterocycles. The van der Waals surface area contributed by atoms with Crippen molar-refractivity contribution in [1.29, 1.82) is 0 Å². The van der Waals surface area contributed by atoms with E-state index in [0.717, 1.165) is 12.1 Å². The lowest BCUT2D eigenvalue weighted by molar-refractivity contribution is -0.149. The summed E-state index contributed by atoms with van der Waals surface area (Å²) in [4.78, 5) is 47.6. The number of hydrogen-bond donors (Lipinski definition) is 2. The minimum Gasteiger partial charge on any atom is -0.454 e. The highest BCUT2D eigenvalue weighted by molar-refractivity contribution is 6.31. The van der Waals surface area contributed by atoms with Gasteiger partial charge >= 0.3 is 11.7 Å². The van der Waals surface area contributed by atoms with Crippen LogP contribution in [-0.4, -0.2) is 40.7 Å². The Kier molecular flexibility index (Phi) is 7.57. The van der Waals surface area contributed by atoms with Crippen molar-refractivity contribution in [3.63, 3.8) is 0 Å². The van der Waals surface area contributed by atoms with Gasteiger partial charge in [0, 0.05) is 16.3 Å². The predicted octanol–water partition coefficient (Wildman–Crippen LogP) is 1.90. The molecular weight excluding hydrogens is 459 g/mol. The summed E-state index contributed by atoms with van der Waals surface area (Å²) in [7, 11) is 0. The standard InChI is InChI=1S/C21H18ClFN4O6/c1-12-15(22)3-2-4-16(12)25-17(28)9-24-18(29)11-32-19(30)10-27-21(31)33-20(26-27)13-5-7-14(23)8-6-13/h2-8H,9-11H2,1H3,(H,24,29)(H,25,28). The average molecular weight is 477 g/mol. The van der Waals surface area contributed by atoms with Crippen LogP contribution in [0.5, 0.6) is 0 Å². The maximum Gasteiger partial charge on any atom is 0.437 e. The third-order valence-corrected chi connectivity index (χ3v) is 4.74. The largest absolute Gasteiger partial charge is 0.454 e. The van der Waals surface area contributed by atoms with Crippen molar-refractivity contribution in [2.45, 2.75) is 13.5 Å². The number of carbonyl (C=O) groups excluding carboxylic acids is 3. The molecule has 33 heavy (non-hydrogen) atoms. The maximum absolute atomic E-state index is 13.0. The minimum absolute atomic E-state index is 0.105. The van der Waals surface area contributed by atoms with Gasteiger partial charge in [0.25, 0.3) is 5.91 Å². The molecule has 0 spiro atoms. The van der Waals surface area contributed by atoms with Gasteiger partial charge in [-0.2, -0.15) is 4.68 Å². The Labute approximate surface area is 191 Å². The number of carbonyl (C=O) groups is 3. The molecule has 1 aromatic heterocycles. The van der Waals surface area contributed by atoms with E-state index in [1.807, 2.05) is 0 Å². The number of nitrogens with zero attached hydrogens (tertiary/aromatic N) is 2. The first-order chi connectivity index (χ1) is 15.7. The molecule has 0 bridgehead atoms. The van der Waals surface area contributed by atoms with E-state index in [1.54, 1.807) is 25.1 Å². The quantitative estimate of drug-likeness (QED) is 0.474. The fraction of sp³-hybridized carbons (Fsp3) is 0.190. The van der Waals surface area contributed by atoms with Crippen molar-refractivity contribution in [2.75, 3.05) is 18.5 Å². The van der Waals surface area contributed by atoms with E-state index in [9.17, 15) is 23.6 Å². The Bertz CT molecular complexity index is 1240. The summed E-state index contributed by atoms with van der Waals surface area (Å²) in [5.41, 5.74) is 1.52. The highest BCUT2D eigenvalue weighted by Gasteiger charge is 2.16. The van der Waals surface area contributed by atoms with E-state index < -0.39 is 42.5 Å². The average Bonchev–Trinajstić information content (AvgIpc) is 3.14. The van der Waals surface area contributed by atoms with Gasteiger partial charge in [0.1, 0.15) is 12.4 Å². The van der Waals surface area contributed by atoms with Gasteiger partial charge in [0.15, 0.2) is 6.61 Å². The Morgan fingerprint density at radius 1 is 1.15 bits per heavy atom. The molecule has 12 heteroatoms. The summed E-state index contributed by atoms with van der Waals surface area (Å²) in [5.74, 6) is -3.65. The van der Waals surface area contributed by atoms with E-state index >= 15 is 0 Å². The van der Waals surface area contributed by atoms with Gasteiger partial charge in [-0.15, -0.1) is 5.10 Å². The zero-order valence-electron chi connectivity index (χ0n) is 17.3. The second-order valence-electron chi connectivity index (χ2n) is 6.74. The topological polar surface area (TPSA) is 133 Å². The second-order valence-corrected chi connectivity index (χ2v) is 7.14. The molecule has 0 unspecified atom stereocenters. The number of rotatable bonds is 8. The minimum atomic E-state index is -0.927. The molecule has 0 radical (unpaired) electrons. The van der Waals surface area contributed by atoms with E-state index in [-0.39, 0.29) is 12.4 Å². The first kappa shape index (κ1) is 23.7. The monoisotopic (exact) mass is 476 g/mol. The number of hydrogen-bond acceptors (Lipinski definition) is 7. The summed E-state index contributed by atoms with van der Waals surface area (Å²) >= 11 is 5.99. The number of aromatic nitrogens is 2. The SMILES string of the molecule is Cc1c(Cl)cccc1NC(=O)CNC(=O)COC(=O)Cn1nc(-c2ccc(F)cc2)oc1=O. The van der Waals surface area contributed by atoms with Crippen LogP contribution in [0.4, 0.5) is 10.1 Å². The molecule has 0 aliphatic carbocycles. The molecule has 2 N–H and O–H groups in total. The third-order valence-electron chi connectivity index (χ3n) is 4.33. The summed E-state index contributed by atoms with van der Waals surface area (Å²) in [6, 6.07) is 10.1. The molecule has 2 amide bonds. The van der Waals surface area contributed by atoms with Crippen LogP contribution in [-0.2, 0) is 25.7 Å². The van der Waals surface area contributed by atoms with Gasteiger partial charge in [0.2, 0.25) is 11.8 Å². The normalized spacial score (nSPS) is 10.5. The van der Waals surface area contributed by atoms with Gasteiger partial charge in [-0.1, -0.05) is 17.7 Å². The van der Waals surface area contributed by atoms with Crippen molar-refractivity contribution in [3.05, 3.63) is 69.4 Å². The molecular formula is C21H18ClFN4O6. The van der Waals surface area contributed by atoms with Crippen LogP contribution in [0.3, 0.4) is 0 Å². The van der Waals surface area contributed by atoms with Gasteiger partial charge in [-0.3, -0.25) is 14.4 Å². The predicted molar refractivity (Wildman–Crippen MR) is 115 cm³/mol. The molecule has 10 nitrogen and oxygen atoms in total. The Hall–Kier alpha value is -3.99. The van der Waals surface area contributed by atoms with Gasteiger partial charge in [-0.25, -0.2) is 9.18 Å². The van der Waals surface area contributed by atoms with Gasteiger partial charge < -0.3 is 19.8 Å². The van der Waals surface area contributed by atoms with Crippen LogP contribution in [0.25, 0.3) is 11.5 Å². The maximum atomic E-state index is 13.0. The van der Waals surface area contributed by atoms with Crippen LogP contribution in [0, 0.1) is 12.7 Å². The second kappa shape index (κ2) is 10.6. The number of nitrogens with one attached hydrogen (secondary N) is 2. The van der Waals surface area contributed by atoms with E-state index in [4.69, 9.17) is 20.8 Å². The molecule has 0 fully saturated rings. The highest BCUT2D eigenvalue weighted by Crippen LogP contribution is 2.22. The molecule has 0 saturated heterocycles. The fourth-order valence-electron chi connectivity index (χ4n) is 2.60. The lowest BCUT2D eigenvalue weighted by Gasteiger charge is -2.10. The fourth-order valence-corrected chi connectivity index (χ4v) is 2.77. The summed E-state index contributed by atoms with van der Waals surface area (Å²) < 4.78 is 23.4. The molecule has 3 rings (SSSR count). The van der Waals surface area contributed by atoms with E-state index in [0.29, 0.717) is 26.5 Å².